The summed E-state index contributed by atoms with van der Waals surface area (Å²) in [5.41, 5.74) is 13.3. The average Bonchev–Trinajstić information content (AvgIpc) is 2.78. The van der Waals surface area contributed by atoms with Gasteiger partial charge in [-0.2, -0.15) is 0 Å². The third kappa shape index (κ3) is 3.53. The number of hydrazine groups is 1. The van der Waals surface area contributed by atoms with Gasteiger partial charge in [0.15, 0.2) is 0 Å². The predicted molar refractivity (Wildman–Crippen MR) is 77.6 cm³/mol. The Morgan fingerprint density at radius 3 is 2.70 bits per heavy atom. The van der Waals surface area contributed by atoms with E-state index in [-0.39, 0.29) is 23.9 Å². The van der Waals surface area contributed by atoms with E-state index >= 15 is 0 Å². The van der Waals surface area contributed by atoms with Crippen LogP contribution in [0.2, 0.25) is 0 Å². The SMILES string of the molecule is CC1NNC(C)C1C(N)C(=O)NCCc1ccccn1. The smallest absolute Gasteiger partial charge is 0.237 e. The number of nitrogens with two attached hydrogens (primary N) is 1. The van der Waals surface area contributed by atoms with Crippen molar-refractivity contribution in [2.75, 3.05) is 6.54 Å². The molecule has 6 nitrogen and oxygen atoms in total. The van der Waals surface area contributed by atoms with Crippen LogP contribution in [0.5, 0.6) is 0 Å². The molecule has 110 valence electrons. The molecule has 1 amide bonds. The van der Waals surface area contributed by atoms with Crippen LogP contribution in [-0.4, -0.2) is 35.6 Å². The molecule has 2 heterocycles. The van der Waals surface area contributed by atoms with Gasteiger partial charge in [0.25, 0.3) is 0 Å². The minimum Gasteiger partial charge on any atom is -0.354 e. The van der Waals surface area contributed by atoms with Gasteiger partial charge in [-0.05, 0) is 26.0 Å². The highest BCUT2D eigenvalue weighted by Gasteiger charge is 2.37. The number of rotatable bonds is 5. The third-order valence-corrected chi connectivity index (χ3v) is 3.82. The van der Waals surface area contributed by atoms with Gasteiger partial charge in [-0.1, -0.05) is 6.07 Å². The molecule has 20 heavy (non-hydrogen) atoms. The lowest BCUT2D eigenvalue weighted by atomic mass is 9.88. The number of nitrogens with zero attached hydrogens (tertiary/aromatic N) is 1. The zero-order chi connectivity index (χ0) is 14.5. The highest BCUT2D eigenvalue weighted by molar-refractivity contribution is 5.82. The molecule has 5 N–H and O–H groups in total. The zero-order valence-electron chi connectivity index (χ0n) is 12.0. The zero-order valence-corrected chi connectivity index (χ0v) is 12.0. The van der Waals surface area contributed by atoms with E-state index in [1.807, 2.05) is 32.0 Å². The van der Waals surface area contributed by atoms with Crippen molar-refractivity contribution in [1.29, 1.82) is 0 Å². The molecule has 1 aliphatic heterocycles. The van der Waals surface area contributed by atoms with Gasteiger partial charge < -0.3 is 11.1 Å². The van der Waals surface area contributed by atoms with Crippen LogP contribution in [0.4, 0.5) is 0 Å². The molecule has 0 radical (unpaired) electrons. The van der Waals surface area contributed by atoms with E-state index in [0.717, 1.165) is 5.69 Å². The van der Waals surface area contributed by atoms with Crippen LogP contribution in [0.1, 0.15) is 19.5 Å². The van der Waals surface area contributed by atoms with Gasteiger partial charge in [0, 0.05) is 42.9 Å². The van der Waals surface area contributed by atoms with Gasteiger partial charge in [0.1, 0.15) is 0 Å². The summed E-state index contributed by atoms with van der Waals surface area (Å²) in [7, 11) is 0. The van der Waals surface area contributed by atoms with Crippen molar-refractivity contribution < 1.29 is 4.79 Å². The molecule has 0 bridgehead atoms. The molecule has 1 aliphatic rings. The average molecular weight is 277 g/mol. The van der Waals surface area contributed by atoms with E-state index in [4.69, 9.17) is 5.73 Å². The molecule has 3 unspecified atom stereocenters. The van der Waals surface area contributed by atoms with E-state index in [1.54, 1.807) is 6.20 Å². The molecule has 0 saturated carbocycles. The second-order valence-corrected chi connectivity index (χ2v) is 5.33. The maximum atomic E-state index is 12.1. The molecule has 1 fully saturated rings. The van der Waals surface area contributed by atoms with Crippen molar-refractivity contribution in [2.24, 2.45) is 11.7 Å². The largest absolute Gasteiger partial charge is 0.354 e. The second-order valence-electron chi connectivity index (χ2n) is 5.33. The lowest BCUT2D eigenvalue weighted by Crippen LogP contribution is -2.51. The van der Waals surface area contributed by atoms with Crippen molar-refractivity contribution in [3.63, 3.8) is 0 Å². The standard InChI is InChI=1S/C14H23N5O/c1-9-12(10(2)19-18-9)13(15)14(20)17-8-6-11-5-3-4-7-16-11/h3-5,7,9-10,12-13,18-19H,6,8,15H2,1-2H3,(H,17,20). The first-order chi connectivity index (χ1) is 9.59. The van der Waals surface area contributed by atoms with E-state index < -0.39 is 6.04 Å². The Balaban J connectivity index is 1.79. The Morgan fingerprint density at radius 1 is 1.40 bits per heavy atom. The van der Waals surface area contributed by atoms with Crippen molar-refractivity contribution >= 4 is 5.91 Å². The topological polar surface area (TPSA) is 92.1 Å². The van der Waals surface area contributed by atoms with Crippen LogP contribution in [0, 0.1) is 5.92 Å². The number of pyridine rings is 1. The van der Waals surface area contributed by atoms with Crippen LogP contribution >= 0.6 is 0 Å². The maximum Gasteiger partial charge on any atom is 0.237 e. The Morgan fingerprint density at radius 2 is 2.10 bits per heavy atom. The fourth-order valence-corrected chi connectivity index (χ4v) is 2.66. The maximum absolute atomic E-state index is 12.1. The van der Waals surface area contributed by atoms with Gasteiger partial charge in [-0.15, -0.1) is 0 Å². The van der Waals surface area contributed by atoms with Gasteiger partial charge in [-0.25, -0.2) is 0 Å². The van der Waals surface area contributed by atoms with Gasteiger partial charge in [0.2, 0.25) is 5.91 Å². The lowest BCUT2D eigenvalue weighted by molar-refractivity contribution is -0.123. The molecular formula is C14H23N5O. The van der Waals surface area contributed by atoms with E-state index in [9.17, 15) is 4.79 Å². The van der Waals surface area contributed by atoms with Crippen LogP contribution in [-0.2, 0) is 11.2 Å². The summed E-state index contributed by atoms with van der Waals surface area (Å²) in [6.07, 6.45) is 2.47. The first-order valence-electron chi connectivity index (χ1n) is 7.04. The highest BCUT2D eigenvalue weighted by Crippen LogP contribution is 2.17. The van der Waals surface area contributed by atoms with Crippen molar-refractivity contribution in [3.05, 3.63) is 30.1 Å². The van der Waals surface area contributed by atoms with Crippen LogP contribution in [0.3, 0.4) is 0 Å². The monoisotopic (exact) mass is 277 g/mol. The number of carbonyl (C=O) groups excluding carboxylic acids is 1. The lowest BCUT2D eigenvalue weighted by Gasteiger charge is -2.24. The van der Waals surface area contributed by atoms with Crippen LogP contribution in [0.15, 0.2) is 24.4 Å². The number of aromatic nitrogens is 1. The van der Waals surface area contributed by atoms with E-state index in [1.165, 1.54) is 0 Å². The summed E-state index contributed by atoms with van der Waals surface area (Å²) >= 11 is 0. The number of amides is 1. The Kier molecular flexibility index (Phi) is 5.05. The first-order valence-corrected chi connectivity index (χ1v) is 7.04. The number of nitrogens with one attached hydrogen (secondary N) is 3. The van der Waals surface area contributed by atoms with Gasteiger partial charge in [0.05, 0.1) is 6.04 Å². The molecule has 1 saturated heterocycles. The first kappa shape index (κ1) is 14.9. The summed E-state index contributed by atoms with van der Waals surface area (Å²) in [5.74, 6) is -0.0139. The molecular weight excluding hydrogens is 254 g/mol. The summed E-state index contributed by atoms with van der Waals surface area (Å²) in [5, 5.41) is 2.89. The predicted octanol–water partition coefficient (Wildman–Crippen LogP) is -0.431. The minimum absolute atomic E-state index is 0.0878. The van der Waals surface area contributed by atoms with E-state index in [0.29, 0.717) is 13.0 Å². The summed E-state index contributed by atoms with van der Waals surface area (Å²) in [4.78, 5) is 16.3. The fraction of sp³-hybridized carbons (Fsp3) is 0.571. The van der Waals surface area contributed by atoms with Gasteiger partial charge >= 0.3 is 0 Å². The quantitative estimate of drug-likeness (QED) is 0.586. The summed E-state index contributed by atoms with van der Waals surface area (Å²) in [6.45, 7) is 4.62. The molecule has 0 aromatic carbocycles. The van der Waals surface area contributed by atoms with E-state index in [2.05, 4.69) is 21.2 Å². The molecule has 6 heteroatoms. The Hall–Kier alpha value is -1.50. The van der Waals surface area contributed by atoms with Crippen LogP contribution < -0.4 is 21.9 Å². The molecule has 1 aromatic rings. The third-order valence-electron chi connectivity index (χ3n) is 3.82. The Labute approximate surface area is 119 Å². The minimum atomic E-state index is -0.508. The summed E-state index contributed by atoms with van der Waals surface area (Å²) < 4.78 is 0. The molecule has 3 atom stereocenters. The number of carbonyl (C=O) groups is 1. The van der Waals surface area contributed by atoms with Crippen LogP contribution in [0.25, 0.3) is 0 Å². The fourth-order valence-electron chi connectivity index (χ4n) is 2.66. The molecule has 0 aliphatic carbocycles. The molecule has 2 rings (SSSR count). The summed E-state index contributed by atoms with van der Waals surface area (Å²) in [6, 6.07) is 5.62. The van der Waals surface area contributed by atoms with Gasteiger partial charge in [-0.3, -0.25) is 20.6 Å². The molecule has 1 aromatic heterocycles. The Bertz CT molecular complexity index is 428. The number of hydrogen-bond acceptors (Lipinski definition) is 5. The molecule has 0 spiro atoms. The van der Waals surface area contributed by atoms with Crippen molar-refractivity contribution in [2.45, 2.75) is 38.4 Å². The normalized spacial score (nSPS) is 27.2. The van der Waals surface area contributed by atoms with Crippen molar-refractivity contribution in [1.82, 2.24) is 21.2 Å². The van der Waals surface area contributed by atoms with Crippen molar-refractivity contribution in [3.8, 4) is 0 Å². The number of hydrogen-bond donors (Lipinski definition) is 4. The highest BCUT2D eigenvalue weighted by atomic mass is 16.2. The second kappa shape index (κ2) is 6.78.